The first-order valence-electron chi connectivity index (χ1n) is 2.68. The number of nitrogens with zero attached hydrogens (tertiary/aromatic N) is 2. The maximum atomic E-state index is 5.34. The van der Waals surface area contributed by atoms with E-state index in [-0.39, 0.29) is 0 Å². The summed E-state index contributed by atoms with van der Waals surface area (Å²) >= 11 is 0. The second-order valence-corrected chi connectivity index (χ2v) is 1.89. The smallest absolute Gasteiger partial charge is 0.0949 e. The third-order valence-electron chi connectivity index (χ3n) is 0.945. The number of imidazole rings is 1. The quantitative estimate of drug-likeness (QED) is 0.616. The van der Waals surface area contributed by atoms with E-state index in [4.69, 9.17) is 5.73 Å². The molecule has 0 saturated heterocycles. The van der Waals surface area contributed by atoms with Crippen molar-refractivity contribution in [2.75, 3.05) is 0 Å². The molecule has 3 nitrogen and oxygen atoms in total. The van der Waals surface area contributed by atoms with Gasteiger partial charge in [0.25, 0.3) is 0 Å². The average Bonchev–Trinajstić information content (AvgIpc) is 2.15. The lowest BCUT2D eigenvalue weighted by molar-refractivity contribution is 0.777. The van der Waals surface area contributed by atoms with Gasteiger partial charge >= 0.3 is 0 Å². The molecule has 1 aromatic rings. The lowest BCUT2D eigenvalue weighted by Crippen LogP contribution is -2.04. The van der Waals surface area contributed by atoms with Crippen molar-refractivity contribution >= 4 is 0 Å². The molecule has 0 amide bonds. The van der Waals surface area contributed by atoms with E-state index in [0.29, 0.717) is 12.2 Å². The highest BCUT2D eigenvalue weighted by molar-refractivity contribution is 4.89. The summed E-state index contributed by atoms with van der Waals surface area (Å²) in [4.78, 5) is 3.84. The predicted octanol–water partition coefficient (Wildman–Crippen LogP) is 0.356. The Morgan fingerprint density at radius 3 is 3.00 bits per heavy atom. The van der Waals surface area contributed by atoms with E-state index in [2.05, 4.69) is 11.6 Å². The predicted molar refractivity (Wildman–Crippen MR) is 35.6 cm³/mol. The fraction of sp³-hybridized carbons (Fsp3) is 0.167. The average molecular weight is 123 g/mol. The molecule has 0 aromatic carbocycles. The number of allylic oxidation sites excluding steroid dienone is 1. The minimum atomic E-state index is 0.646. The van der Waals surface area contributed by atoms with Crippen molar-refractivity contribution < 1.29 is 0 Å². The van der Waals surface area contributed by atoms with Crippen LogP contribution in [-0.2, 0) is 6.54 Å². The van der Waals surface area contributed by atoms with Crippen molar-refractivity contribution in [1.29, 1.82) is 0 Å². The van der Waals surface area contributed by atoms with Gasteiger partial charge in [0, 0.05) is 18.1 Å². The minimum Gasteiger partial charge on any atom is -0.401 e. The summed E-state index contributed by atoms with van der Waals surface area (Å²) in [5, 5.41) is 0. The maximum absolute atomic E-state index is 5.34. The van der Waals surface area contributed by atoms with Crippen LogP contribution in [0.3, 0.4) is 0 Å². The molecule has 1 heterocycles. The SMILES string of the molecule is C=C(N)Cn1ccnc1. The number of hydrogen-bond acceptors (Lipinski definition) is 2. The van der Waals surface area contributed by atoms with Gasteiger partial charge in [-0.2, -0.15) is 0 Å². The minimum absolute atomic E-state index is 0.646. The molecule has 0 radical (unpaired) electrons. The summed E-state index contributed by atoms with van der Waals surface area (Å²) < 4.78 is 1.86. The van der Waals surface area contributed by atoms with Gasteiger partial charge in [-0.25, -0.2) is 4.98 Å². The summed E-state index contributed by atoms with van der Waals surface area (Å²) in [6.07, 6.45) is 5.26. The highest BCUT2D eigenvalue weighted by atomic mass is 15.0. The van der Waals surface area contributed by atoms with Gasteiger partial charge in [0.2, 0.25) is 0 Å². The zero-order chi connectivity index (χ0) is 6.69. The van der Waals surface area contributed by atoms with Crippen LogP contribution in [0, 0.1) is 0 Å². The van der Waals surface area contributed by atoms with Crippen molar-refractivity contribution in [3.8, 4) is 0 Å². The van der Waals surface area contributed by atoms with E-state index in [1.165, 1.54) is 0 Å². The lowest BCUT2D eigenvalue weighted by Gasteiger charge is -1.97. The van der Waals surface area contributed by atoms with Crippen LogP contribution in [0.4, 0.5) is 0 Å². The summed E-state index contributed by atoms with van der Waals surface area (Å²) in [6, 6.07) is 0. The summed E-state index contributed by atoms with van der Waals surface area (Å²) in [7, 11) is 0. The highest BCUT2D eigenvalue weighted by Gasteiger charge is 1.86. The van der Waals surface area contributed by atoms with Gasteiger partial charge < -0.3 is 10.3 Å². The lowest BCUT2D eigenvalue weighted by atomic mass is 10.5. The molecule has 2 N–H and O–H groups in total. The second kappa shape index (κ2) is 2.35. The number of rotatable bonds is 2. The van der Waals surface area contributed by atoms with Gasteiger partial charge in [-0.1, -0.05) is 6.58 Å². The van der Waals surface area contributed by atoms with Crippen molar-refractivity contribution in [1.82, 2.24) is 9.55 Å². The standard InChI is InChI=1S/C6H9N3/c1-6(7)4-9-3-2-8-5-9/h2-3,5H,1,4,7H2. The fourth-order valence-electron chi connectivity index (χ4n) is 0.615. The van der Waals surface area contributed by atoms with Crippen LogP contribution in [0.2, 0.25) is 0 Å². The summed E-state index contributed by atoms with van der Waals surface area (Å²) in [6.45, 7) is 4.21. The van der Waals surface area contributed by atoms with Gasteiger partial charge in [-0.15, -0.1) is 0 Å². The van der Waals surface area contributed by atoms with Crippen molar-refractivity contribution in [3.63, 3.8) is 0 Å². The van der Waals surface area contributed by atoms with Crippen LogP contribution in [0.5, 0.6) is 0 Å². The molecule has 0 unspecified atom stereocenters. The maximum Gasteiger partial charge on any atom is 0.0949 e. The van der Waals surface area contributed by atoms with Gasteiger partial charge in [-0.05, 0) is 0 Å². The molecule has 48 valence electrons. The Morgan fingerprint density at radius 2 is 2.56 bits per heavy atom. The topological polar surface area (TPSA) is 43.8 Å². The molecule has 0 atom stereocenters. The van der Waals surface area contributed by atoms with Gasteiger partial charge in [0.1, 0.15) is 0 Å². The molecule has 9 heavy (non-hydrogen) atoms. The summed E-state index contributed by atoms with van der Waals surface area (Å²) in [5.41, 5.74) is 5.99. The molecule has 1 aromatic heterocycles. The highest BCUT2D eigenvalue weighted by Crippen LogP contribution is 1.88. The normalized spacial score (nSPS) is 9.33. The van der Waals surface area contributed by atoms with Crippen LogP contribution < -0.4 is 5.73 Å². The largest absolute Gasteiger partial charge is 0.401 e. The van der Waals surface area contributed by atoms with E-state index in [1.54, 1.807) is 12.5 Å². The Balaban J connectivity index is 2.58. The Morgan fingerprint density at radius 1 is 1.78 bits per heavy atom. The molecule has 0 bridgehead atoms. The fourth-order valence-corrected chi connectivity index (χ4v) is 0.615. The van der Waals surface area contributed by atoms with Crippen LogP contribution >= 0.6 is 0 Å². The van der Waals surface area contributed by atoms with E-state index >= 15 is 0 Å². The molecular weight excluding hydrogens is 114 g/mol. The van der Waals surface area contributed by atoms with Crippen molar-refractivity contribution in [2.45, 2.75) is 6.54 Å². The molecule has 0 spiro atoms. The van der Waals surface area contributed by atoms with Gasteiger partial charge in [-0.3, -0.25) is 0 Å². The monoisotopic (exact) mass is 123 g/mol. The van der Waals surface area contributed by atoms with Crippen LogP contribution in [-0.4, -0.2) is 9.55 Å². The first-order chi connectivity index (χ1) is 4.29. The first kappa shape index (κ1) is 5.88. The zero-order valence-electron chi connectivity index (χ0n) is 5.12. The molecule has 0 aliphatic rings. The van der Waals surface area contributed by atoms with E-state index in [1.807, 2.05) is 10.8 Å². The molecule has 3 heteroatoms. The first-order valence-corrected chi connectivity index (χ1v) is 2.68. The Hall–Kier alpha value is -1.25. The Kier molecular flexibility index (Phi) is 1.53. The number of hydrogen-bond donors (Lipinski definition) is 1. The Bertz CT molecular complexity index is 188. The number of aromatic nitrogens is 2. The zero-order valence-corrected chi connectivity index (χ0v) is 5.12. The van der Waals surface area contributed by atoms with Crippen molar-refractivity contribution in [2.24, 2.45) is 5.73 Å². The molecular formula is C6H9N3. The summed E-state index contributed by atoms with van der Waals surface area (Å²) in [5.74, 6) is 0. The third-order valence-corrected chi connectivity index (χ3v) is 0.945. The third kappa shape index (κ3) is 1.60. The Labute approximate surface area is 53.8 Å². The number of nitrogens with two attached hydrogens (primary N) is 1. The van der Waals surface area contributed by atoms with Crippen molar-refractivity contribution in [3.05, 3.63) is 31.0 Å². The molecule has 0 aliphatic heterocycles. The molecule has 0 fully saturated rings. The molecule has 1 rings (SSSR count). The molecule has 0 aliphatic carbocycles. The van der Waals surface area contributed by atoms with Crippen LogP contribution in [0.15, 0.2) is 31.0 Å². The van der Waals surface area contributed by atoms with Crippen LogP contribution in [0.25, 0.3) is 0 Å². The van der Waals surface area contributed by atoms with Gasteiger partial charge in [0.15, 0.2) is 0 Å². The second-order valence-electron chi connectivity index (χ2n) is 1.89. The molecule has 0 saturated carbocycles. The van der Waals surface area contributed by atoms with E-state index in [9.17, 15) is 0 Å². The van der Waals surface area contributed by atoms with E-state index < -0.39 is 0 Å². The van der Waals surface area contributed by atoms with Crippen LogP contribution in [0.1, 0.15) is 0 Å². The van der Waals surface area contributed by atoms with Gasteiger partial charge in [0.05, 0.1) is 12.9 Å². The van der Waals surface area contributed by atoms with E-state index in [0.717, 1.165) is 0 Å².